The predicted octanol–water partition coefficient (Wildman–Crippen LogP) is 14.1. The average Bonchev–Trinajstić information content (AvgIpc) is 3.90. The number of hydrogen-bond donors (Lipinski definition) is 2. The summed E-state index contributed by atoms with van der Waals surface area (Å²) in [4.78, 5) is 92.0. The SMILES string of the molecule is CCCCCCCCCCCCOC(=O)C(C)OOCc1ccc(Cl)c(NC(=O)C(C(=O)Nc2cc(C(=O)OC(C)C(=O)OCCCCCCCCCCCC)ccc2Cl)n2nnc3ccc(C(=O)Oc4ccccc4)cc32)c1. The second-order valence-electron chi connectivity index (χ2n) is 19.6. The second-order valence-corrected chi connectivity index (χ2v) is 20.4. The normalized spacial score (nSPS) is 12.3. The molecule has 0 aliphatic carbocycles. The van der Waals surface area contributed by atoms with E-state index in [0.29, 0.717) is 12.0 Å². The smallest absolute Gasteiger partial charge is 0.347 e. The highest BCUT2D eigenvalue weighted by Gasteiger charge is 2.33. The van der Waals surface area contributed by atoms with Gasteiger partial charge in [0.15, 0.2) is 12.2 Å². The molecule has 2 amide bonds. The maximum atomic E-state index is 14.6. The third-order valence-electron chi connectivity index (χ3n) is 13.0. The number of esters is 4. The molecular formula is C60H77Cl2N5O12. The minimum absolute atomic E-state index is 0.0166. The lowest BCUT2D eigenvalue weighted by Crippen LogP contribution is -2.37. The van der Waals surface area contributed by atoms with Gasteiger partial charge < -0.3 is 29.6 Å². The van der Waals surface area contributed by atoms with Crippen molar-refractivity contribution in [1.82, 2.24) is 15.0 Å². The van der Waals surface area contributed by atoms with Crippen molar-refractivity contribution in [3.05, 3.63) is 112 Å². The minimum Gasteiger partial charge on any atom is -0.464 e. The van der Waals surface area contributed by atoms with Crippen LogP contribution in [0.1, 0.15) is 188 Å². The maximum Gasteiger partial charge on any atom is 0.347 e. The Morgan fingerprint density at radius 3 is 1.62 bits per heavy atom. The number of aromatic nitrogens is 3. The van der Waals surface area contributed by atoms with Crippen molar-refractivity contribution >= 4 is 81.3 Å². The molecule has 2 N–H and O–H groups in total. The number of anilines is 2. The topological polar surface area (TPSA) is 213 Å². The number of halogens is 2. The zero-order chi connectivity index (χ0) is 56.8. The number of nitrogens with one attached hydrogen (secondary N) is 2. The Labute approximate surface area is 474 Å². The van der Waals surface area contributed by atoms with Gasteiger partial charge in [-0.05, 0) is 92.9 Å². The lowest BCUT2D eigenvalue weighted by Gasteiger charge is -2.19. The molecule has 1 aromatic heterocycles. The van der Waals surface area contributed by atoms with Crippen LogP contribution in [0.3, 0.4) is 0 Å². The minimum atomic E-state index is -1.88. The number of nitrogens with zero attached hydrogens (tertiary/aromatic N) is 3. The summed E-state index contributed by atoms with van der Waals surface area (Å²) in [5.41, 5.74) is 0.720. The van der Waals surface area contributed by atoms with Crippen LogP contribution in [0.25, 0.3) is 11.0 Å². The predicted molar refractivity (Wildman–Crippen MR) is 304 cm³/mol. The number of unbranched alkanes of at least 4 members (excludes halogenated alkanes) is 18. The fourth-order valence-electron chi connectivity index (χ4n) is 8.44. The first-order valence-corrected chi connectivity index (χ1v) is 28.7. The van der Waals surface area contributed by atoms with E-state index < -0.39 is 53.9 Å². The van der Waals surface area contributed by atoms with Crippen LogP contribution in [0.5, 0.6) is 5.75 Å². The van der Waals surface area contributed by atoms with Gasteiger partial charge in [-0.15, -0.1) is 5.10 Å². The van der Waals surface area contributed by atoms with Crippen LogP contribution in [-0.2, 0) is 49.8 Å². The summed E-state index contributed by atoms with van der Waals surface area (Å²) in [5, 5.41) is 13.7. The zero-order valence-corrected chi connectivity index (χ0v) is 47.6. The van der Waals surface area contributed by atoms with Crippen LogP contribution in [-0.4, -0.2) is 76.1 Å². The highest BCUT2D eigenvalue weighted by molar-refractivity contribution is 6.35. The summed E-state index contributed by atoms with van der Waals surface area (Å²) >= 11 is 13.2. The van der Waals surface area contributed by atoms with Gasteiger partial charge >= 0.3 is 23.9 Å². The molecule has 79 heavy (non-hydrogen) atoms. The van der Waals surface area contributed by atoms with Crippen LogP contribution < -0.4 is 15.4 Å². The largest absolute Gasteiger partial charge is 0.464 e. The Bertz CT molecular complexity index is 2720. The molecule has 428 valence electrons. The van der Waals surface area contributed by atoms with E-state index in [1.807, 2.05) is 0 Å². The second kappa shape index (κ2) is 35.3. The molecule has 0 bridgehead atoms. The Balaban J connectivity index is 1.24. The molecule has 0 saturated heterocycles. The molecule has 5 rings (SSSR count). The summed E-state index contributed by atoms with van der Waals surface area (Å²) in [6, 6.07) is 19.4. The van der Waals surface area contributed by atoms with Crippen LogP contribution in [0.2, 0.25) is 10.0 Å². The van der Waals surface area contributed by atoms with Gasteiger partial charge in [-0.1, -0.05) is 182 Å². The molecule has 0 aliphatic heterocycles. The first kappa shape index (κ1) is 63.4. The molecule has 4 aromatic carbocycles. The molecule has 5 aromatic rings. The summed E-state index contributed by atoms with van der Waals surface area (Å²) in [6.07, 6.45) is 20.6. The van der Waals surface area contributed by atoms with Crippen LogP contribution >= 0.6 is 23.2 Å². The number of amides is 2. The Kier molecular flexibility index (Phi) is 28.3. The molecule has 1 heterocycles. The summed E-state index contributed by atoms with van der Waals surface area (Å²) in [7, 11) is 0. The third kappa shape index (κ3) is 22.0. The monoisotopic (exact) mass is 1130 g/mol. The zero-order valence-electron chi connectivity index (χ0n) is 46.1. The highest BCUT2D eigenvalue weighted by Crippen LogP contribution is 2.29. The van der Waals surface area contributed by atoms with Crippen LogP contribution in [0.4, 0.5) is 11.4 Å². The van der Waals surface area contributed by atoms with Gasteiger partial charge in [0.1, 0.15) is 17.9 Å². The fraction of sp³-hybridized carbons (Fsp3) is 0.500. The summed E-state index contributed by atoms with van der Waals surface area (Å²) in [5.74, 6) is -4.59. The van der Waals surface area contributed by atoms with E-state index in [9.17, 15) is 28.8 Å². The van der Waals surface area contributed by atoms with Gasteiger partial charge in [-0.2, -0.15) is 0 Å². The lowest BCUT2D eigenvalue weighted by molar-refractivity contribution is -0.325. The average molecular weight is 1130 g/mol. The van der Waals surface area contributed by atoms with Gasteiger partial charge in [-0.3, -0.25) is 9.59 Å². The van der Waals surface area contributed by atoms with E-state index in [0.717, 1.165) is 43.2 Å². The van der Waals surface area contributed by atoms with E-state index in [-0.39, 0.29) is 69.2 Å². The van der Waals surface area contributed by atoms with Gasteiger partial charge in [-0.25, -0.2) is 33.6 Å². The van der Waals surface area contributed by atoms with Crippen molar-refractivity contribution in [2.45, 2.75) is 181 Å². The van der Waals surface area contributed by atoms with Gasteiger partial charge in [0.2, 0.25) is 6.04 Å². The van der Waals surface area contributed by atoms with E-state index in [1.165, 1.54) is 146 Å². The van der Waals surface area contributed by atoms with Crippen LogP contribution in [0, 0.1) is 0 Å². The van der Waals surface area contributed by atoms with Crippen molar-refractivity contribution in [3.8, 4) is 5.75 Å². The van der Waals surface area contributed by atoms with Gasteiger partial charge in [0, 0.05) is 0 Å². The van der Waals surface area contributed by atoms with E-state index >= 15 is 0 Å². The molecule has 0 spiro atoms. The molecule has 0 radical (unpaired) electrons. The standard InChI is InChI=1S/C60H77Cl2N5O12/c1-5-7-9-11-13-15-17-19-21-26-36-74-57(70)42(3)77-59(72)45-31-34-49(62)52(39-45)64-56(69)54(67-53-40-46(32-35-50(53)65-66-67)60(73)78-47-28-24-23-25-29-47)55(68)63-51-38-44(30-33-48(51)61)41-76-79-43(4)58(71)75-37-27-22-20-18-16-14-12-10-8-6-2/h23-25,28-35,38-40,42-43,54H,5-22,26-27,36-37,41H2,1-4H3,(H,63,68)(H,64,69). The first-order valence-electron chi connectivity index (χ1n) is 27.9. The Morgan fingerprint density at radius 2 is 1.05 bits per heavy atom. The van der Waals surface area contributed by atoms with Crippen molar-refractivity contribution in [2.75, 3.05) is 23.8 Å². The van der Waals surface area contributed by atoms with Gasteiger partial charge in [0.25, 0.3) is 11.8 Å². The number of carbonyl (C=O) groups is 6. The van der Waals surface area contributed by atoms with Crippen LogP contribution in [0.15, 0.2) is 84.9 Å². The third-order valence-corrected chi connectivity index (χ3v) is 13.7. The van der Waals surface area contributed by atoms with E-state index in [1.54, 1.807) is 36.4 Å². The van der Waals surface area contributed by atoms with Gasteiger partial charge in [0.05, 0.1) is 51.3 Å². The maximum absolute atomic E-state index is 14.6. The fourth-order valence-corrected chi connectivity index (χ4v) is 8.77. The molecule has 19 heteroatoms. The number of fused-ring (bicyclic) bond motifs is 1. The molecule has 0 fully saturated rings. The number of hydrogen-bond acceptors (Lipinski definition) is 14. The Morgan fingerprint density at radius 1 is 0.557 bits per heavy atom. The van der Waals surface area contributed by atoms with E-state index in [4.69, 9.17) is 51.9 Å². The van der Waals surface area contributed by atoms with Crippen molar-refractivity contribution in [3.63, 3.8) is 0 Å². The molecule has 0 saturated carbocycles. The van der Waals surface area contributed by atoms with Crippen molar-refractivity contribution in [2.24, 2.45) is 0 Å². The summed E-state index contributed by atoms with van der Waals surface area (Å²) in [6.45, 7) is 7.63. The molecule has 17 nitrogen and oxygen atoms in total. The number of para-hydroxylation sites is 1. The van der Waals surface area contributed by atoms with E-state index in [2.05, 4.69) is 34.8 Å². The summed E-state index contributed by atoms with van der Waals surface area (Å²) < 4.78 is 22.8. The number of ether oxygens (including phenoxy) is 4. The molecule has 3 atom stereocenters. The number of benzene rings is 4. The Hall–Kier alpha value is -6.40. The quantitative estimate of drug-likeness (QED) is 0.00720. The van der Waals surface area contributed by atoms with Crippen molar-refractivity contribution < 1.29 is 57.5 Å². The molecule has 3 unspecified atom stereocenters. The molecule has 0 aliphatic rings. The number of rotatable bonds is 37. The first-order chi connectivity index (χ1) is 38.3. The highest BCUT2D eigenvalue weighted by atomic mass is 35.5. The van der Waals surface area contributed by atoms with Crippen molar-refractivity contribution in [1.29, 1.82) is 0 Å². The lowest BCUT2D eigenvalue weighted by atomic mass is 10.1. The number of carbonyl (C=O) groups excluding carboxylic acids is 6. The molecular weight excluding hydrogens is 1050 g/mol.